The van der Waals surface area contributed by atoms with Crippen molar-refractivity contribution in [1.82, 2.24) is 0 Å². The number of fused-ring (bicyclic) bond motifs is 9. The van der Waals surface area contributed by atoms with Crippen LogP contribution < -0.4 is 4.90 Å². The Hall–Kier alpha value is -8.40. The molecule has 0 N–H and O–H groups in total. The van der Waals surface area contributed by atoms with Gasteiger partial charge in [-0.25, -0.2) is 0 Å². The number of furan rings is 2. The molecule has 1 aliphatic carbocycles. The maximum absolute atomic E-state index is 6.47. The van der Waals surface area contributed by atoms with Crippen molar-refractivity contribution in [3.05, 3.63) is 236 Å². The van der Waals surface area contributed by atoms with Gasteiger partial charge in [-0.3, -0.25) is 0 Å². The van der Waals surface area contributed by atoms with Crippen molar-refractivity contribution in [1.29, 1.82) is 0 Å². The highest BCUT2D eigenvalue weighted by molar-refractivity contribution is 6.10. The van der Waals surface area contributed by atoms with Crippen molar-refractivity contribution in [2.24, 2.45) is 0 Å². The second-order valence-electron chi connectivity index (χ2n) is 18.1. The number of benzene rings is 10. The number of anilines is 3. The molecule has 0 bridgehead atoms. The quantitative estimate of drug-likeness (QED) is 0.160. The van der Waals surface area contributed by atoms with Crippen LogP contribution in [0.1, 0.15) is 25.0 Å². The van der Waals surface area contributed by atoms with Crippen LogP contribution in [0.5, 0.6) is 0 Å². The maximum Gasteiger partial charge on any atom is 0.143 e. The second-order valence-corrected chi connectivity index (χ2v) is 18.1. The molecule has 3 nitrogen and oxygen atoms in total. The minimum atomic E-state index is -0.157. The molecule has 3 heteroatoms. The van der Waals surface area contributed by atoms with Crippen LogP contribution in [0.3, 0.4) is 0 Å². The molecule has 0 amide bonds. The first-order valence-corrected chi connectivity index (χ1v) is 22.7. The molecule has 0 radical (unpaired) electrons. The molecule has 66 heavy (non-hydrogen) atoms. The smallest absolute Gasteiger partial charge is 0.143 e. The molecule has 0 aliphatic heterocycles. The summed E-state index contributed by atoms with van der Waals surface area (Å²) in [5.74, 6) is 0. The Labute approximate surface area is 383 Å². The summed E-state index contributed by atoms with van der Waals surface area (Å²) < 4.78 is 12.6. The van der Waals surface area contributed by atoms with Gasteiger partial charge in [0.05, 0.1) is 0 Å². The van der Waals surface area contributed by atoms with E-state index in [1.165, 1.54) is 50.1 Å². The Morgan fingerprint density at radius 1 is 0.303 bits per heavy atom. The fourth-order valence-electron chi connectivity index (χ4n) is 10.5. The third-order valence-electron chi connectivity index (χ3n) is 13.9. The minimum Gasteiger partial charge on any atom is -0.456 e. The maximum atomic E-state index is 6.47. The average molecular weight is 846 g/mol. The van der Waals surface area contributed by atoms with Crippen LogP contribution in [-0.4, -0.2) is 0 Å². The van der Waals surface area contributed by atoms with Gasteiger partial charge in [-0.2, -0.15) is 0 Å². The fraction of sp³-hybridized carbons (Fsp3) is 0.0476. The van der Waals surface area contributed by atoms with E-state index in [1.54, 1.807) is 0 Å². The Kier molecular flexibility index (Phi) is 8.56. The summed E-state index contributed by atoms with van der Waals surface area (Å²) in [5, 5.41) is 4.56. The standard InChI is InChI=1S/C63H43NO2/c1-63(2)57-34-27-44(37-55(57)51-33-26-46(39-58(51)63)50-18-11-19-54-52-16-6-9-21-60(52)66-62(50)54)41-22-29-47(30-23-41)64(49-15-10-14-43(36-49)40-12-4-3-5-13-40)48-31-24-42(25-32-48)45-28-35-61-56(38-45)53-17-7-8-20-59(53)65-61/h3-39H,1-2H3. The van der Waals surface area contributed by atoms with Gasteiger partial charge in [-0.1, -0.05) is 166 Å². The molecule has 10 aromatic carbocycles. The minimum absolute atomic E-state index is 0.157. The van der Waals surface area contributed by atoms with E-state index in [4.69, 9.17) is 8.83 Å². The molecule has 0 saturated carbocycles. The van der Waals surface area contributed by atoms with Crippen molar-refractivity contribution in [2.75, 3.05) is 4.90 Å². The van der Waals surface area contributed by atoms with Gasteiger partial charge in [-0.05, 0) is 134 Å². The van der Waals surface area contributed by atoms with Crippen molar-refractivity contribution in [3.8, 4) is 55.6 Å². The molecule has 0 atom stereocenters. The summed E-state index contributed by atoms with van der Waals surface area (Å²) in [5.41, 5.74) is 21.4. The van der Waals surface area contributed by atoms with Crippen LogP contribution in [0.4, 0.5) is 17.1 Å². The zero-order chi connectivity index (χ0) is 43.9. The monoisotopic (exact) mass is 845 g/mol. The summed E-state index contributed by atoms with van der Waals surface area (Å²) in [6.45, 7) is 4.71. The van der Waals surface area contributed by atoms with Crippen LogP contribution in [-0.2, 0) is 5.41 Å². The highest BCUT2D eigenvalue weighted by atomic mass is 16.3. The highest BCUT2D eigenvalue weighted by Gasteiger charge is 2.36. The Balaban J connectivity index is 0.853. The molecule has 0 spiro atoms. The third kappa shape index (κ3) is 6.12. The van der Waals surface area contributed by atoms with E-state index in [9.17, 15) is 0 Å². The molecule has 12 aromatic rings. The molecular formula is C63H43NO2. The summed E-state index contributed by atoms with van der Waals surface area (Å²) in [4.78, 5) is 2.36. The largest absolute Gasteiger partial charge is 0.456 e. The van der Waals surface area contributed by atoms with Gasteiger partial charge in [0.2, 0.25) is 0 Å². The first-order valence-electron chi connectivity index (χ1n) is 22.7. The molecule has 2 aromatic heterocycles. The molecule has 0 saturated heterocycles. The molecule has 2 heterocycles. The Bertz CT molecular complexity index is 3830. The molecule has 0 unspecified atom stereocenters. The summed E-state index contributed by atoms with van der Waals surface area (Å²) >= 11 is 0. The van der Waals surface area contributed by atoms with E-state index < -0.39 is 0 Å². The van der Waals surface area contributed by atoms with Crippen molar-refractivity contribution in [3.63, 3.8) is 0 Å². The average Bonchev–Trinajstić information content (AvgIpc) is 4.02. The van der Waals surface area contributed by atoms with Gasteiger partial charge >= 0.3 is 0 Å². The van der Waals surface area contributed by atoms with Gasteiger partial charge in [0.25, 0.3) is 0 Å². The Morgan fingerprint density at radius 2 is 0.848 bits per heavy atom. The second kappa shape index (κ2) is 14.8. The summed E-state index contributed by atoms with van der Waals surface area (Å²) in [7, 11) is 0. The van der Waals surface area contributed by atoms with Gasteiger partial charge < -0.3 is 13.7 Å². The zero-order valence-electron chi connectivity index (χ0n) is 36.6. The molecule has 312 valence electrons. The van der Waals surface area contributed by atoms with Crippen molar-refractivity contribution in [2.45, 2.75) is 19.3 Å². The normalized spacial score (nSPS) is 12.8. The Morgan fingerprint density at radius 3 is 1.61 bits per heavy atom. The van der Waals surface area contributed by atoms with Crippen LogP contribution in [0.15, 0.2) is 233 Å². The highest BCUT2D eigenvalue weighted by Crippen LogP contribution is 2.51. The van der Waals surface area contributed by atoms with Crippen LogP contribution in [0.2, 0.25) is 0 Å². The predicted molar refractivity (Wildman–Crippen MR) is 275 cm³/mol. The van der Waals surface area contributed by atoms with Gasteiger partial charge in [-0.15, -0.1) is 0 Å². The molecular weight excluding hydrogens is 803 g/mol. The molecule has 13 rings (SSSR count). The molecule has 1 aliphatic rings. The van der Waals surface area contributed by atoms with Crippen LogP contribution in [0, 0.1) is 0 Å². The lowest BCUT2D eigenvalue weighted by molar-refractivity contribution is 0.660. The summed E-state index contributed by atoms with van der Waals surface area (Å²) in [6, 6.07) is 81.0. The number of hydrogen-bond acceptors (Lipinski definition) is 3. The van der Waals surface area contributed by atoms with Gasteiger partial charge in [0.1, 0.15) is 22.3 Å². The van der Waals surface area contributed by atoms with E-state index in [0.29, 0.717) is 0 Å². The van der Waals surface area contributed by atoms with Crippen molar-refractivity contribution < 1.29 is 8.83 Å². The van der Waals surface area contributed by atoms with E-state index in [0.717, 1.165) is 77.6 Å². The van der Waals surface area contributed by atoms with E-state index in [-0.39, 0.29) is 5.41 Å². The van der Waals surface area contributed by atoms with E-state index in [1.807, 2.05) is 18.2 Å². The molecule has 0 fully saturated rings. The fourth-order valence-corrected chi connectivity index (χ4v) is 10.5. The van der Waals surface area contributed by atoms with E-state index >= 15 is 0 Å². The van der Waals surface area contributed by atoms with Crippen LogP contribution >= 0.6 is 0 Å². The lowest BCUT2D eigenvalue weighted by Gasteiger charge is -2.26. The van der Waals surface area contributed by atoms with Gasteiger partial charge in [0, 0.05) is 49.6 Å². The first kappa shape index (κ1) is 38.1. The number of nitrogens with zero attached hydrogens (tertiary/aromatic N) is 1. The van der Waals surface area contributed by atoms with Crippen LogP contribution in [0.25, 0.3) is 99.5 Å². The summed E-state index contributed by atoms with van der Waals surface area (Å²) in [6.07, 6.45) is 0. The predicted octanol–water partition coefficient (Wildman–Crippen LogP) is 17.9. The lowest BCUT2D eigenvalue weighted by atomic mass is 9.81. The lowest BCUT2D eigenvalue weighted by Crippen LogP contribution is -2.15. The van der Waals surface area contributed by atoms with Crippen molar-refractivity contribution >= 4 is 60.9 Å². The zero-order valence-corrected chi connectivity index (χ0v) is 36.6. The van der Waals surface area contributed by atoms with E-state index in [2.05, 4.69) is 225 Å². The first-order chi connectivity index (χ1) is 32.4. The number of hydrogen-bond donors (Lipinski definition) is 0. The SMILES string of the molecule is CC1(C)c2ccc(-c3ccc(N(c4ccc(-c5ccc6oc7ccccc7c6c5)cc4)c4cccc(-c5ccccc5)c4)cc3)cc2-c2ccc(-c3cccc4c3oc3ccccc34)cc21. The number of rotatable bonds is 7. The third-order valence-corrected chi connectivity index (χ3v) is 13.9. The number of para-hydroxylation sites is 3. The van der Waals surface area contributed by atoms with Gasteiger partial charge in [0.15, 0.2) is 0 Å². The topological polar surface area (TPSA) is 29.5 Å².